The molecule has 2 fully saturated rings. The van der Waals surface area contributed by atoms with Crippen molar-refractivity contribution in [3.05, 3.63) is 35.9 Å². The Labute approximate surface area is 154 Å². The number of nitrogens with one attached hydrogen (secondary N) is 1. The minimum Gasteiger partial charge on any atom is -0.445 e. The van der Waals surface area contributed by atoms with Crippen LogP contribution in [0.5, 0.6) is 0 Å². The van der Waals surface area contributed by atoms with E-state index < -0.39 is 5.60 Å². The Morgan fingerprint density at radius 1 is 1.12 bits per heavy atom. The summed E-state index contributed by atoms with van der Waals surface area (Å²) in [5, 5.41) is 2.98. The lowest BCUT2D eigenvalue weighted by atomic mass is 10.2. The minimum atomic E-state index is -0.486. The van der Waals surface area contributed by atoms with Gasteiger partial charge in [0.15, 0.2) is 0 Å². The number of rotatable bonds is 3. The molecule has 1 aromatic rings. The summed E-state index contributed by atoms with van der Waals surface area (Å²) in [4.78, 5) is 26.0. The van der Waals surface area contributed by atoms with Crippen molar-refractivity contribution in [1.82, 2.24) is 10.2 Å². The van der Waals surface area contributed by atoms with Crippen LogP contribution in [-0.4, -0.2) is 41.8 Å². The number of benzene rings is 1. The average molecular weight is 360 g/mol. The van der Waals surface area contributed by atoms with Crippen LogP contribution in [0.2, 0.25) is 0 Å². The van der Waals surface area contributed by atoms with Crippen molar-refractivity contribution in [2.45, 2.75) is 51.9 Å². The van der Waals surface area contributed by atoms with Crippen LogP contribution in [0, 0.1) is 11.8 Å². The van der Waals surface area contributed by atoms with Crippen LogP contribution < -0.4 is 5.32 Å². The van der Waals surface area contributed by atoms with Gasteiger partial charge in [-0.25, -0.2) is 9.59 Å². The molecule has 3 atom stereocenters. The number of carbonyl (C=O) groups excluding carboxylic acids is 2. The summed E-state index contributed by atoms with van der Waals surface area (Å²) in [6.45, 7) is 7.21. The highest BCUT2D eigenvalue weighted by atomic mass is 16.6. The van der Waals surface area contributed by atoms with Gasteiger partial charge in [-0.3, -0.25) is 0 Å². The monoisotopic (exact) mass is 360 g/mol. The van der Waals surface area contributed by atoms with E-state index in [1.165, 1.54) is 0 Å². The molecule has 2 aliphatic rings. The summed E-state index contributed by atoms with van der Waals surface area (Å²) in [6, 6.07) is 9.86. The molecule has 1 unspecified atom stereocenters. The number of hydrogen-bond acceptors (Lipinski definition) is 4. The summed E-state index contributed by atoms with van der Waals surface area (Å²) in [7, 11) is 0. The van der Waals surface area contributed by atoms with Crippen LogP contribution in [0.15, 0.2) is 30.3 Å². The number of ether oxygens (including phenoxy) is 2. The molecule has 1 saturated carbocycles. The Balaban J connectivity index is 1.41. The molecular formula is C20H28N2O4. The van der Waals surface area contributed by atoms with Crippen molar-refractivity contribution in [3.8, 4) is 0 Å². The largest absolute Gasteiger partial charge is 0.445 e. The zero-order valence-corrected chi connectivity index (χ0v) is 15.7. The molecule has 0 radical (unpaired) electrons. The number of likely N-dealkylation sites (tertiary alicyclic amines) is 1. The lowest BCUT2D eigenvalue weighted by Crippen LogP contribution is -2.37. The summed E-state index contributed by atoms with van der Waals surface area (Å²) >= 11 is 0. The fraction of sp³-hybridized carbons (Fsp3) is 0.600. The van der Waals surface area contributed by atoms with Crippen LogP contribution in [0.1, 0.15) is 39.2 Å². The van der Waals surface area contributed by atoms with Crippen LogP contribution in [0.4, 0.5) is 9.59 Å². The highest BCUT2D eigenvalue weighted by Gasteiger charge is 2.52. The highest BCUT2D eigenvalue weighted by Crippen LogP contribution is 2.46. The van der Waals surface area contributed by atoms with E-state index in [-0.39, 0.29) is 18.2 Å². The van der Waals surface area contributed by atoms with Gasteiger partial charge in [-0.05, 0) is 51.0 Å². The van der Waals surface area contributed by atoms with Crippen molar-refractivity contribution < 1.29 is 19.1 Å². The molecule has 1 heterocycles. The van der Waals surface area contributed by atoms with Crippen LogP contribution in [0.25, 0.3) is 0 Å². The molecule has 2 amide bonds. The summed E-state index contributed by atoms with van der Waals surface area (Å²) < 4.78 is 10.7. The van der Waals surface area contributed by atoms with Crippen molar-refractivity contribution in [3.63, 3.8) is 0 Å². The fourth-order valence-electron chi connectivity index (χ4n) is 3.60. The van der Waals surface area contributed by atoms with E-state index in [9.17, 15) is 9.59 Å². The standard InChI is InChI=1S/C20H28N2O4/c1-20(2,3)26-18(23)21-17-15-9-11-22(12-10-16(15)17)19(24)25-13-14-7-5-4-6-8-14/h4-8,15-17H,9-13H2,1-3H3,(H,21,23)/t15-,16+,17?. The average Bonchev–Trinajstić information content (AvgIpc) is 3.27. The van der Waals surface area contributed by atoms with E-state index in [4.69, 9.17) is 9.47 Å². The zero-order chi connectivity index (χ0) is 18.7. The molecule has 26 heavy (non-hydrogen) atoms. The highest BCUT2D eigenvalue weighted by molar-refractivity contribution is 5.69. The van der Waals surface area contributed by atoms with Crippen molar-refractivity contribution in [1.29, 1.82) is 0 Å². The molecule has 1 aromatic carbocycles. The van der Waals surface area contributed by atoms with Gasteiger partial charge in [0.05, 0.1) is 0 Å². The first-order chi connectivity index (χ1) is 12.3. The lowest BCUT2D eigenvalue weighted by Gasteiger charge is -2.22. The zero-order valence-electron chi connectivity index (χ0n) is 15.7. The van der Waals surface area contributed by atoms with Crippen molar-refractivity contribution in [2.75, 3.05) is 13.1 Å². The second-order valence-corrected chi connectivity index (χ2v) is 8.10. The van der Waals surface area contributed by atoms with Gasteiger partial charge in [-0.15, -0.1) is 0 Å². The molecule has 1 saturated heterocycles. The third-order valence-corrected chi connectivity index (χ3v) is 4.94. The van der Waals surface area contributed by atoms with Crippen LogP contribution >= 0.6 is 0 Å². The first-order valence-corrected chi connectivity index (χ1v) is 9.28. The van der Waals surface area contributed by atoms with E-state index >= 15 is 0 Å². The van der Waals surface area contributed by atoms with Gasteiger partial charge in [-0.2, -0.15) is 0 Å². The molecule has 1 aliphatic carbocycles. The number of fused-ring (bicyclic) bond motifs is 1. The molecular weight excluding hydrogens is 332 g/mol. The molecule has 1 aliphatic heterocycles. The van der Waals surface area contributed by atoms with Gasteiger partial charge in [0.25, 0.3) is 0 Å². The molecule has 6 nitrogen and oxygen atoms in total. The topological polar surface area (TPSA) is 67.9 Å². The molecule has 0 spiro atoms. The van der Waals surface area contributed by atoms with E-state index in [2.05, 4.69) is 5.32 Å². The molecule has 6 heteroatoms. The van der Waals surface area contributed by atoms with Gasteiger partial charge in [-0.1, -0.05) is 30.3 Å². The Morgan fingerprint density at radius 2 is 1.73 bits per heavy atom. The van der Waals surface area contributed by atoms with Gasteiger partial charge in [0.2, 0.25) is 0 Å². The number of nitrogens with zero attached hydrogens (tertiary/aromatic N) is 1. The van der Waals surface area contributed by atoms with Gasteiger partial charge >= 0.3 is 12.2 Å². The molecule has 3 rings (SSSR count). The smallest absolute Gasteiger partial charge is 0.410 e. The van der Waals surface area contributed by atoms with Crippen molar-refractivity contribution in [2.24, 2.45) is 11.8 Å². The van der Waals surface area contributed by atoms with E-state index in [1.54, 1.807) is 4.90 Å². The maximum Gasteiger partial charge on any atom is 0.410 e. The number of alkyl carbamates (subject to hydrolysis) is 1. The minimum absolute atomic E-state index is 0.173. The van der Waals surface area contributed by atoms with E-state index in [0.717, 1.165) is 18.4 Å². The first kappa shape index (κ1) is 18.5. The predicted octanol–water partition coefficient (Wildman–Crippen LogP) is 3.56. The Hall–Kier alpha value is -2.24. The second-order valence-electron chi connectivity index (χ2n) is 8.10. The SMILES string of the molecule is CC(C)(C)OC(=O)NC1[C@H]2CCN(C(=O)OCc3ccccc3)CC[C@@H]12. The van der Waals surface area contributed by atoms with Gasteiger partial charge in [0.1, 0.15) is 12.2 Å². The number of carbonyl (C=O) groups is 2. The van der Waals surface area contributed by atoms with E-state index in [1.807, 2.05) is 51.1 Å². The van der Waals surface area contributed by atoms with Crippen LogP contribution in [-0.2, 0) is 16.1 Å². The Kier molecular flexibility index (Phi) is 5.39. The van der Waals surface area contributed by atoms with Crippen LogP contribution in [0.3, 0.4) is 0 Å². The van der Waals surface area contributed by atoms with Gasteiger partial charge < -0.3 is 19.7 Å². The molecule has 142 valence electrons. The van der Waals surface area contributed by atoms with E-state index in [0.29, 0.717) is 31.5 Å². The molecule has 1 N–H and O–H groups in total. The number of amides is 2. The second kappa shape index (κ2) is 7.56. The maximum atomic E-state index is 12.3. The fourth-order valence-corrected chi connectivity index (χ4v) is 3.60. The predicted molar refractivity (Wildman–Crippen MR) is 97.6 cm³/mol. The van der Waals surface area contributed by atoms with Gasteiger partial charge in [0, 0.05) is 19.1 Å². The number of hydrogen-bond donors (Lipinski definition) is 1. The normalized spacial score (nSPS) is 24.9. The Morgan fingerprint density at radius 3 is 2.31 bits per heavy atom. The molecule has 0 aromatic heterocycles. The summed E-state index contributed by atoms with van der Waals surface area (Å²) in [6.07, 6.45) is 1.15. The van der Waals surface area contributed by atoms with Crippen molar-refractivity contribution >= 4 is 12.2 Å². The summed E-state index contributed by atoms with van der Waals surface area (Å²) in [5.41, 5.74) is 0.500. The maximum absolute atomic E-state index is 12.3. The first-order valence-electron chi connectivity index (χ1n) is 9.28. The summed E-state index contributed by atoms with van der Waals surface area (Å²) in [5.74, 6) is 0.851. The third-order valence-electron chi connectivity index (χ3n) is 4.94. The Bertz CT molecular complexity index is 627. The molecule has 0 bridgehead atoms. The quantitative estimate of drug-likeness (QED) is 0.895. The lowest BCUT2D eigenvalue weighted by molar-refractivity contribution is 0.0515. The third kappa shape index (κ3) is 4.90.